The molecule has 2 heterocycles. The normalized spacial score (nSPS) is 9.71. The molecule has 0 amide bonds. The molecular formula is C12H9N2NaO4S2. The molecule has 9 heteroatoms. The van der Waals surface area contributed by atoms with Gasteiger partial charge in [-0.05, 0) is 45.9 Å². The van der Waals surface area contributed by atoms with E-state index in [9.17, 15) is 9.59 Å². The summed E-state index contributed by atoms with van der Waals surface area (Å²) in [5.74, 6) is -2.19. The number of pyridine rings is 2. The fourth-order valence-electron chi connectivity index (χ4n) is 1.25. The van der Waals surface area contributed by atoms with Crippen LogP contribution in [0.5, 0.6) is 0 Å². The van der Waals surface area contributed by atoms with E-state index in [2.05, 4.69) is 9.97 Å². The first kappa shape index (κ1) is 18.0. The molecular weight excluding hydrogens is 323 g/mol. The quantitative estimate of drug-likeness (QED) is 0.633. The molecule has 21 heavy (non-hydrogen) atoms. The van der Waals surface area contributed by atoms with Gasteiger partial charge in [0.05, 0.1) is 0 Å². The third-order valence-corrected chi connectivity index (χ3v) is 4.25. The Bertz CT molecular complexity index is 612. The van der Waals surface area contributed by atoms with E-state index in [1.54, 1.807) is 24.3 Å². The van der Waals surface area contributed by atoms with Gasteiger partial charge in [0, 0.05) is 0 Å². The van der Waals surface area contributed by atoms with Crippen molar-refractivity contribution in [2.45, 2.75) is 10.1 Å². The van der Waals surface area contributed by atoms with E-state index < -0.39 is 11.9 Å². The zero-order valence-corrected chi connectivity index (χ0v) is 11.5. The van der Waals surface area contributed by atoms with E-state index in [1.807, 2.05) is 0 Å². The van der Waals surface area contributed by atoms with Crippen LogP contribution >= 0.6 is 21.6 Å². The Morgan fingerprint density at radius 3 is 1.52 bits per heavy atom. The summed E-state index contributed by atoms with van der Waals surface area (Å²) >= 11 is 0. The Hall–Kier alpha value is -1.06. The predicted molar refractivity (Wildman–Crippen MR) is 81.3 cm³/mol. The molecule has 0 atom stereocenters. The minimum atomic E-state index is -1.09. The number of carboxylic acids is 2. The minimum absolute atomic E-state index is 0. The standard InChI is InChI=1S/C12H8N2O4S2.Na.H/c15-11(16)7-3-1-5-9(13-7)19-20-10-6-2-4-8(14-10)12(17)18;;/h1-6H,(H,15,16)(H,17,18);;. The Morgan fingerprint density at radius 2 is 1.19 bits per heavy atom. The Kier molecular flexibility index (Phi) is 7.20. The number of rotatable bonds is 5. The van der Waals surface area contributed by atoms with Crippen LogP contribution in [-0.2, 0) is 0 Å². The summed E-state index contributed by atoms with van der Waals surface area (Å²) in [5.41, 5.74) is -0.0781. The number of aromatic carboxylic acids is 2. The molecule has 0 saturated carbocycles. The zero-order chi connectivity index (χ0) is 14.5. The molecule has 0 unspecified atom stereocenters. The van der Waals surface area contributed by atoms with Crippen molar-refractivity contribution in [1.82, 2.24) is 9.97 Å². The van der Waals surface area contributed by atoms with E-state index in [0.717, 1.165) is 0 Å². The topological polar surface area (TPSA) is 100 Å². The maximum absolute atomic E-state index is 10.8. The van der Waals surface area contributed by atoms with Crippen LogP contribution in [-0.4, -0.2) is 61.7 Å². The summed E-state index contributed by atoms with van der Waals surface area (Å²) in [6.07, 6.45) is 0. The van der Waals surface area contributed by atoms with Crippen LogP contribution in [0.3, 0.4) is 0 Å². The molecule has 0 aliphatic heterocycles. The third kappa shape index (κ3) is 5.33. The summed E-state index contributed by atoms with van der Waals surface area (Å²) in [6.45, 7) is 0. The van der Waals surface area contributed by atoms with E-state index in [4.69, 9.17) is 10.2 Å². The maximum atomic E-state index is 10.8. The van der Waals surface area contributed by atoms with Crippen LogP contribution in [0.4, 0.5) is 0 Å². The Labute approximate surface area is 150 Å². The monoisotopic (exact) mass is 332 g/mol. The molecule has 0 aliphatic carbocycles. The molecule has 6 nitrogen and oxygen atoms in total. The van der Waals surface area contributed by atoms with Gasteiger partial charge in [0.25, 0.3) is 0 Å². The second-order valence-corrected chi connectivity index (χ2v) is 5.67. The number of carboxylic acid groups (broad SMARTS) is 2. The van der Waals surface area contributed by atoms with Crippen LogP contribution in [0.2, 0.25) is 0 Å². The number of nitrogens with zero attached hydrogens (tertiary/aromatic N) is 2. The van der Waals surface area contributed by atoms with Crippen LogP contribution in [0.1, 0.15) is 21.0 Å². The first-order chi connectivity index (χ1) is 9.56. The van der Waals surface area contributed by atoms with Crippen molar-refractivity contribution < 1.29 is 19.8 Å². The number of carbonyl (C=O) groups is 2. The van der Waals surface area contributed by atoms with E-state index >= 15 is 0 Å². The average molecular weight is 332 g/mol. The molecule has 0 aliphatic rings. The fraction of sp³-hybridized carbons (Fsp3) is 0. The molecule has 2 aromatic rings. The molecule has 2 N–H and O–H groups in total. The Morgan fingerprint density at radius 1 is 0.810 bits per heavy atom. The first-order valence-corrected chi connectivity index (χ1v) is 7.46. The van der Waals surface area contributed by atoms with Gasteiger partial charge in [0.1, 0.15) is 21.4 Å². The molecule has 0 spiro atoms. The third-order valence-electron chi connectivity index (χ3n) is 2.10. The molecule has 0 radical (unpaired) electrons. The zero-order valence-electron chi connectivity index (χ0n) is 9.89. The molecule has 0 fully saturated rings. The molecule has 104 valence electrons. The summed E-state index contributed by atoms with van der Waals surface area (Å²) < 4.78 is 0. The van der Waals surface area contributed by atoms with E-state index in [1.165, 1.54) is 33.7 Å². The van der Waals surface area contributed by atoms with Crippen molar-refractivity contribution in [1.29, 1.82) is 0 Å². The first-order valence-electron chi connectivity index (χ1n) is 5.31. The summed E-state index contributed by atoms with van der Waals surface area (Å²) in [6, 6.07) is 9.35. The molecule has 2 rings (SSSR count). The van der Waals surface area contributed by atoms with Crippen LogP contribution in [0.25, 0.3) is 0 Å². The number of hydrogen-bond donors (Lipinski definition) is 2. The van der Waals surface area contributed by atoms with Gasteiger partial charge >= 0.3 is 41.5 Å². The molecule has 2 aromatic heterocycles. The number of aromatic nitrogens is 2. The summed E-state index contributed by atoms with van der Waals surface area (Å²) in [4.78, 5) is 29.5. The van der Waals surface area contributed by atoms with Crippen LogP contribution in [0, 0.1) is 0 Å². The fourth-order valence-corrected chi connectivity index (χ4v) is 3.03. The second-order valence-electron chi connectivity index (χ2n) is 3.50. The van der Waals surface area contributed by atoms with Gasteiger partial charge in [0.15, 0.2) is 0 Å². The van der Waals surface area contributed by atoms with Crippen molar-refractivity contribution in [2.24, 2.45) is 0 Å². The summed E-state index contributed by atoms with van der Waals surface area (Å²) in [7, 11) is 2.42. The molecule has 0 aromatic carbocycles. The van der Waals surface area contributed by atoms with Crippen LogP contribution in [0.15, 0.2) is 46.5 Å². The van der Waals surface area contributed by atoms with Crippen molar-refractivity contribution in [3.8, 4) is 0 Å². The van der Waals surface area contributed by atoms with Gasteiger partial charge < -0.3 is 10.2 Å². The van der Waals surface area contributed by atoms with Crippen molar-refractivity contribution in [3.63, 3.8) is 0 Å². The van der Waals surface area contributed by atoms with Gasteiger partial charge in [-0.15, -0.1) is 0 Å². The molecule has 0 bridgehead atoms. The Balaban J connectivity index is 0.00000220. The van der Waals surface area contributed by atoms with Crippen molar-refractivity contribution in [2.75, 3.05) is 0 Å². The number of hydrogen-bond acceptors (Lipinski definition) is 6. The second kappa shape index (κ2) is 8.40. The van der Waals surface area contributed by atoms with E-state index in [0.29, 0.717) is 10.1 Å². The SMILES string of the molecule is O=C(O)c1cccc(SSc2cccc(C(=O)O)n2)n1.[NaH]. The van der Waals surface area contributed by atoms with Gasteiger partial charge in [-0.2, -0.15) is 0 Å². The van der Waals surface area contributed by atoms with Crippen molar-refractivity contribution in [3.05, 3.63) is 47.8 Å². The van der Waals surface area contributed by atoms with Gasteiger partial charge in [-0.25, -0.2) is 19.6 Å². The van der Waals surface area contributed by atoms with Crippen LogP contribution < -0.4 is 0 Å². The summed E-state index contributed by atoms with van der Waals surface area (Å²) in [5, 5.41) is 18.7. The van der Waals surface area contributed by atoms with Crippen molar-refractivity contribution >= 4 is 63.1 Å². The van der Waals surface area contributed by atoms with Gasteiger partial charge in [0.2, 0.25) is 0 Å². The van der Waals surface area contributed by atoms with E-state index in [-0.39, 0.29) is 40.9 Å². The molecule has 0 saturated heterocycles. The average Bonchev–Trinajstić information content (AvgIpc) is 2.45. The van der Waals surface area contributed by atoms with Gasteiger partial charge in [-0.3, -0.25) is 0 Å². The van der Waals surface area contributed by atoms with Gasteiger partial charge in [-0.1, -0.05) is 12.1 Å². The predicted octanol–water partition coefficient (Wildman–Crippen LogP) is 2.02.